The van der Waals surface area contributed by atoms with Crippen LogP contribution in [0.25, 0.3) is 0 Å². The Labute approximate surface area is 197 Å². The smallest absolute Gasteiger partial charge is 0.429 e. The molecule has 0 spiro atoms. The number of hydrogen-bond donors (Lipinski definition) is 1. The van der Waals surface area contributed by atoms with Gasteiger partial charge >= 0.3 is 12.2 Å². The van der Waals surface area contributed by atoms with Crippen LogP contribution in [0.3, 0.4) is 0 Å². The largest absolute Gasteiger partial charge is 0.485 e. The van der Waals surface area contributed by atoms with Crippen LogP contribution in [-0.2, 0) is 22.7 Å². The standard InChI is InChI=1S/C27H24N2O5/c30-26(32-17-19-9-3-1-4-10-19)28-29(27(31)33-18-20-11-5-2-6-12-20)22-15-16-24-25(22)21-13-7-8-14-23(21)34-24/h1-16,22,24-25H,17-18H2,(H,28,30)/t22-,24-,25+/m1/s1. The number of hydrogen-bond acceptors (Lipinski definition) is 5. The fourth-order valence-corrected chi connectivity index (χ4v) is 4.27. The van der Waals surface area contributed by atoms with Gasteiger partial charge in [0.2, 0.25) is 0 Å². The van der Waals surface area contributed by atoms with E-state index in [2.05, 4.69) is 5.43 Å². The molecule has 3 aromatic rings. The molecule has 2 aliphatic rings. The number of hydrazine groups is 1. The summed E-state index contributed by atoms with van der Waals surface area (Å²) >= 11 is 0. The molecule has 34 heavy (non-hydrogen) atoms. The molecule has 0 radical (unpaired) electrons. The lowest BCUT2D eigenvalue weighted by atomic mass is 9.93. The van der Waals surface area contributed by atoms with Gasteiger partial charge in [0.25, 0.3) is 0 Å². The van der Waals surface area contributed by atoms with E-state index in [4.69, 9.17) is 14.2 Å². The molecule has 172 valence electrons. The molecule has 0 saturated carbocycles. The van der Waals surface area contributed by atoms with E-state index in [9.17, 15) is 9.59 Å². The van der Waals surface area contributed by atoms with Crippen molar-refractivity contribution in [1.29, 1.82) is 0 Å². The number of benzene rings is 3. The highest BCUT2D eigenvalue weighted by molar-refractivity contribution is 5.75. The summed E-state index contributed by atoms with van der Waals surface area (Å²) in [5.74, 6) is 0.603. The Morgan fingerprint density at radius 1 is 0.794 bits per heavy atom. The number of nitrogens with zero attached hydrogens (tertiary/aromatic N) is 1. The SMILES string of the molecule is O=C(NN(C(=O)OCc1ccccc1)[C@@H]1C=C[C@H]2Oc3ccccc3[C@@H]12)OCc1ccccc1. The third-order valence-electron chi connectivity index (χ3n) is 5.89. The third-order valence-corrected chi connectivity index (χ3v) is 5.89. The van der Waals surface area contributed by atoms with E-state index in [-0.39, 0.29) is 25.2 Å². The summed E-state index contributed by atoms with van der Waals surface area (Å²) in [5.41, 5.74) is 5.26. The second kappa shape index (κ2) is 9.70. The number of ether oxygens (including phenoxy) is 3. The van der Waals surface area contributed by atoms with Crippen LogP contribution < -0.4 is 10.2 Å². The summed E-state index contributed by atoms with van der Waals surface area (Å²) in [5, 5.41) is 1.20. The van der Waals surface area contributed by atoms with Gasteiger partial charge in [-0.15, -0.1) is 0 Å². The van der Waals surface area contributed by atoms with E-state index in [1.54, 1.807) is 0 Å². The van der Waals surface area contributed by atoms with Gasteiger partial charge in [-0.25, -0.2) is 20.0 Å². The number of amides is 2. The molecule has 0 fully saturated rings. The second-order valence-electron chi connectivity index (χ2n) is 8.11. The zero-order valence-electron chi connectivity index (χ0n) is 18.4. The van der Waals surface area contributed by atoms with Gasteiger partial charge in [-0.2, -0.15) is 0 Å². The molecule has 1 aliphatic heterocycles. The van der Waals surface area contributed by atoms with Crippen molar-refractivity contribution >= 4 is 12.2 Å². The van der Waals surface area contributed by atoms with Crippen LogP contribution in [0.15, 0.2) is 97.1 Å². The molecule has 1 aliphatic carbocycles. The van der Waals surface area contributed by atoms with Gasteiger partial charge in [-0.3, -0.25) is 0 Å². The first-order valence-electron chi connectivity index (χ1n) is 11.1. The van der Waals surface area contributed by atoms with Crippen LogP contribution in [0.1, 0.15) is 22.6 Å². The minimum Gasteiger partial charge on any atom is -0.485 e. The molecule has 0 unspecified atom stereocenters. The van der Waals surface area contributed by atoms with Crippen molar-refractivity contribution in [2.24, 2.45) is 0 Å². The second-order valence-corrected chi connectivity index (χ2v) is 8.11. The zero-order chi connectivity index (χ0) is 23.3. The van der Waals surface area contributed by atoms with E-state index in [0.717, 1.165) is 22.4 Å². The molecule has 3 aromatic carbocycles. The highest BCUT2D eigenvalue weighted by Gasteiger charge is 2.46. The van der Waals surface area contributed by atoms with Crippen LogP contribution in [0.4, 0.5) is 9.59 Å². The number of carbonyl (C=O) groups excluding carboxylic acids is 2. The molecule has 0 saturated heterocycles. The summed E-state index contributed by atoms with van der Waals surface area (Å²) < 4.78 is 16.9. The van der Waals surface area contributed by atoms with Gasteiger partial charge in [0, 0.05) is 5.56 Å². The Morgan fingerprint density at radius 2 is 1.41 bits per heavy atom. The third kappa shape index (κ3) is 4.59. The minimum atomic E-state index is -0.746. The van der Waals surface area contributed by atoms with Crippen LogP contribution >= 0.6 is 0 Å². The van der Waals surface area contributed by atoms with Crippen molar-refractivity contribution in [3.8, 4) is 5.75 Å². The number of fused-ring (bicyclic) bond motifs is 3. The maximum atomic E-state index is 13.2. The zero-order valence-corrected chi connectivity index (χ0v) is 18.4. The summed E-state index contributed by atoms with van der Waals surface area (Å²) in [4.78, 5) is 25.8. The first-order valence-corrected chi connectivity index (χ1v) is 11.1. The molecular weight excluding hydrogens is 432 g/mol. The average Bonchev–Trinajstić information content (AvgIpc) is 3.45. The fraction of sp³-hybridized carbons (Fsp3) is 0.185. The number of nitrogens with one attached hydrogen (secondary N) is 1. The van der Waals surface area contributed by atoms with Gasteiger partial charge < -0.3 is 14.2 Å². The maximum Gasteiger partial charge on any atom is 0.429 e. The lowest BCUT2D eigenvalue weighted by Gasteiger charge is -2.30. The molecule has 3 atom stereocenters. The normalized spacial score (nSPS) is 19.5. The predicted octanol–water partition coefficient (Wildman–Crippen LogP) is 4.95. The topological polar surface area (TPSA) is 77.1 Å². The minimum absolute atomic E-state index is 0.0779. The first kappa shape index (κ1) is 21.6. The fourth-order valence-electron chi connectivity index (χ4n) is 4.27. The van der Waals surface area contributed by atoms with E-state index in [1.807, 2.05) is 97.1 Å². The number of para-hydroxylation sites is 1. The summed E-state index contributed by atoms with van der Waals surface area (Å²) in [7, 11) is 0. The van der Waals surface area contributed by atoms with Gasteiger partial charge in [-0.1, -0.05) is 84.9 Å². The van der Waals surface area contributed by atoms with Crippen molar-refractivity contribution < 1.29 is 23.8 Å². The molecule has 1 heterocycles. The van der Waals surface area contributed by atoms with Crippen LogP contribution in [0.2, 0.25) is 0 Å². The van der Waals surface area contributed by atoms with E-state index < -0.39 is 18.2 Å². The molecule has 7 heteroatoms. The lowest BCUT2D eigenvalue weighted by molar-refractivity contribution is 0.0481. The lowest BCUT2D eigenvalue weighted by Crippen LogP contribution is -2.53. The van der Waals surface area contributed by atoms with Crippen LogP contribution in [0, 0.1) is 0 Å². The number of carbonyl (C=O) groups is 2. The Balaban J connectivity index is 1.33. The predicted molar refractivity (Wildman–Crippen MR) is 125 cm³/mol. The van der Waals surface area contributed by atoms with Crippen molar-refractivity contribution in [1.82, 2.24) is 10.4 Å². The Bertz CT molecular complexity index is 1180. The van der Waals surface area contributed by atoms with Crippen molar-refractivity contribution in [2.45, 2.75) is 31.3 Å². The first-order chi connectivity index (χ1) is 16.7. The van der Waals surface area contributed by atoms with Crippen molar-refractivity contribution in [3.63, 3.8) is 0 Å². The molecule has 2 amide bonds. The van der Waals surface area contributed by atoms with Crippen LogP contribution in [-0.4, -0.2) is 29.3 Å². The molecule has 0 bridgehead atoms. The summed E-state index contributed by atoms with van der Waals surface area (Å²) in [6.45, 7) is 0.159. The molecule has 5 rings (SSSR count). The van der Waals surface area contributed by atoms with Gasteiger partial charge in [0.15, 0.2) is 0 Å². The molecular formula is C27H24N2O5. The van der Waals surface area contributed by atoms with Crippen molar-refractivity contribution in [2.75, 3.05) is 0 Å². The summed E-state index contributed by atoms with van der Waals surface area (Å²) in [6.07, 6.45) is 2.11. The Morgan fingerprint density at radius 3 is 2.12 bits per heavy atom. The Hall–Kier alpha value is -4.26. The average molecular weight is 456 g/mol. The quantitative estimate of drug-likeness (QED) is 0.434. The van der Waals surface area contributed by atoms with Gasteiger partial charge in [0.1, 0.15) is 25.1 Å². The van der Waals surface area contributed by atoms with Gasteiger partial charge in [-0.05, 0) is 23.3 Å². The number of rotatable bonds is 5. The maximum absolute atomic E-state index is 13.2. The highest BCUT2D eigenvalue weighted by Crippen LogP contribution is 2.45. The van der Waals surface area contributed by atoms with Crippen molar-refractivity contribution in [3.05, 3.63) is 114 Å². The molecule has 1 N–H and O–H groups in total. The monoisotopic (exact) mass is 456 g/mol. The summed E-state index contributed by atoms with van der Waals surface area (Å²) in [6, 6.07) is 25.9. The van der Waals surface area contributed by atoms with E-state index >= 15 is 0 Å². The highest BCUT2D eigenvalue weighted by atomic mass is 16.6. The molecule has 7 nitrogen and oxygen atoms in total. The van der Waals surface area contributed by atoms with E-state index in [0.29, 0.717) is 0 Å². The van der Waals surface area contributed by atoms with Gasteiger partial charge in [0.05, 0.1) is 12.0 Å². The molecule has 0 aromatic heterocycles. The Kier molecular flexibility index (Phi) is 6.16. The van der Waals surface area contributed by atoms with Crippen LogP contribution in [0.5, 0.6) is 5.75 Å². The van der Waals surface area contributed by atoms with E-state index in [1.165, 1.54) is 5.01 Å².